The van der Waals surface area contributed by atoms with E-state index in [1.165, 1.54) is 4.90 Å². The Morgan fingerprint density at radius 2 is 2.15 bits per heavy atom. The van der Waals surface area contributed by atoms with Gasteiger partial charge in [0.25, 0.3) is 5.91 Å². The lowest BCUT2D eigenvalue weighted by atomic mass is 10.1. The van der Waals surface area contributed by atoms with Gasteiger partial charge in [0.1, 0.15) is 16.9 Å². The molecule has 0 unspecified atom stereocenters. The van der Waals surface area contributed by atoms with Crippen LogP contribution in [0.15, 0.2) is 12.1 Å². The molecule has 0 bridgehead atoms. The number of rotatable bonds is 0. The molecule has 0 aromatic carbocycles. The summed E-state index contributed by atoms with van der Waals surface area (Å²) < 4.78 is 1.74. The van der Waals surface area contributed by atoms with Crippen molar-refractivity contribution in [3.05, 3.63) is 23.0 Å². The molecule has 1 saturated heterocycles. The molecule has 1 saturated carbocycles. The number of hydrogen-bond acceptors (Lipinski definition) is 3. The third kappa shape index (κ3) is 1.20. The van der Waals surface area contributed by atoms with Crippen LogP contribution in [0.1, 0.15) is 23.0 Å². The van der Waals surface area contributed by atoms with Crippen molar-refractivity contribution in [1.82, 2.24) is 20.1 Å². The van der Waals surface area contributed by atoms with E-state index in [1.54, 1.807) is 23.7 Å². The van der Waals surface area contributed by atoms with Crippen LogP contribution in [0, 0.1) is 0 Å². The normalized spacial score (nSPS) is 38.1. The summed E-state index contributed by atoms with van der Waals surface area (Å²) in [5, 5.41) is 16.8. The van der Waals surface area contributed by atoms with Crippen molar-refractivity contribution in [1.29, 1.82) is 0 Å². The van der Waals surface area contributed by atoms with Crippen molar-refractivity contribution in [2.45, 2.75) is 30.3 Å². The van der Waals surface area contributed by atoms with Crippen LogP contribution < -0.4 is 10.6 Å². The highest BCUT2D eigenvalue weighted by Crippen LogP contribution is 2.46. The number of amides is 3. The Morgan fingerprint density at radius 1 is 1.40 bits per heavy atom. The molecule has 7 nitrogen and oxygen atoms in total. The first-order valence-electron chi connectivity index (χ1n) is 6.38. The number of carbonyl (C=O) groups is 2. The van der Waals surface area contributed by atoms with Gasteiger partial charge in [0.15, 0.2) is 5.72 Å². The molecule has 3 aliphatic rings. The smallest absolute Gasteiger partial charge is 0.319 e. The lowest BCUT2D eigenvalue weighted by Crippen LogP contribution is -2.56. The van der Waals surface area contributed by atoms with E-state index in [0.29, 0.717) is 17.3 Å². The lowest BCUT2D eigenvalue weighted by Gasteiger charge is -2.32. The molecule has 8 heteroatoms. The topological polar surface area (TPSA) is 86.6 Å². The summed E-state index contributed by atoms with van der Waals surface area (Å²) in [6.45, 7) is 0. The molecule has 1 aromatic heterocycles. The van der Waals surface area contributed by atoms with Crippen LogP contribution in [0.3, 0.4) is 0 Å². The molecule has 4 rings (SSSR count). The number of aliphatic hydroxyl groups is 1. The van der Waals surface area contributed by atoms with Crippen LogP contribution in [0.2, 0.25) is 5.15 Å². The van der Waals surface area contributed by atoms with Crippen LogP contribution in [-0.4, -0.2) is 51.4 Å². The Kier molecular flexibility index (Phi) is 2.09. The van der Waals surface area contributed by atoms with Crippen molar-refractivity contribution in [2.75, 3.05) is 7.05 Å². The lowest BCUT2D eigenvalue weighted by molar-refractivity contribution is -0.0561. The number of likely N-dealkylation sites (N-methyl/N-ethyl adjacent to an activating group) is 1. The Morgan fingerprint density at radius 3 is 2.90 bits per heavy atom. The predicted molar refractivity (Wildman–Crippen MR) is 69.4 cm³/mol. The summed E-state index contributed by atoms with van der Waals surface area (Å²) in [6, 6.07) is 1.89. The van der Waals surface area contributed by atoms with E-state index in [2.05, 4.69) is 10.6 Å². The molecule has 2 aliphatic heterocycles. The number of hydrogen-bond donors (Lipinski definition) is 3. The number of aromatic nitrogens is 1. The molecule has 3 heterocycles. The molecule has 3 N–H and O–H groups in total. The van der Waals surface area contributed by atoms with Crippen LogP contribution >= 0.6 is 11.6 Å². The van der Waals surface area contributed by atoms with E-state index in [0.717, 1.165) is 0 Å². The van der Waals surface area contributed by atoms with E-state index in [-0.39, 0.29) is 24.0 Å². The van der Waals surface area contributed by atoms with Crippen LogP contribution in [0.4, 0.5) is 4.79 Å². The van der Waals surface area contributed by atoms with Crippen molar-refractivity contribution in [3.8, 4) is 0 Å². The third-order valence-electron chi connectivity index (χ3n) is 4.68. The molecule has 106 valence electrons. The van der Waals surface area contributed by atoms with Gasteiger partial charge in [-0.05, 0) is 12.1 Å². The highest BCUT2D eigenvalue weighted by atomic mass is 35.5. The second-order valence-electron chi connectivity index (χ2n) is 5.55. The van der Waals surface area contributed by atoms with Gasteiger partial charge in [-0.2, -0.15) is 0 Å². The van der Waals surface area contributed by atoms with E-state index >= 15 is 0 Å². The van der Waals surface area contributed by atoms with E-state index < -0.39 is 11.8 Å². The van der Waals surface area contributed by atoms with Gasteiger partial charge in [-0.15, -0.1) is 0 Å². The third-order valence-corrected chi connectivity index (χ3v) is 4.98. The highest BCUT2D eigenvalue weighted by molar-refractivity contribution is 6.30. The average molecular weight is 297 g/mol. The Labute approximate surface area is 119 Å². The summed E-state index contributed by atoms with van der Waals surface area (Å²) in [6.07, 6.45) is 0.319. The fourth-order valence-electron chi connectivity index (χ4n) is 3.63. The molecule has 2 fully saturated rings. The molecule has 1 aliphatic carbocycles. The van der Waals surface area contributed by atoms with Gasteiger partial charge in [0, 0.05) is 13.5 Å². The molecule has 0 spiro atoms. The largest absolute Gasteiger partial charge is 0.368 e. The zero-order valence-electron chi connectivity index (χ0n) is 10.6. The minimum atomic E-state index is -1.31. The van der Waals surface area contributed by atoms with E-state index in [1.807, 2.05) is 0 Å². The minimum Gasteiger partial charge on any atom is -0.368 e. The fourth-order valence-corrected chi connectivity index (χ4v) is 3.91. The monoisotopic (exact) mass is 296 g/mol. The zero-order valence-corrected chi connectivity index (χ0v) is 11.4. The van der Waals surface area contributed by atoms with Crippen molar-refractivity contribution >= 4 is 23.5 Å². The minimum absolute atomic E-state index is 0.178. The number of halogens is 1. The maximum absolute atomic E-state index is 12.1. The van der Waals surface area contributed by atoms with Crippen LogP contribution in [-0.2, 0) is 0 Å². The van der Waals surface area contributed by atoms with Gasteiger partial charge >= 0.3 is 6.03 Å². The number of carbonyl (C=O) groups excluding carboxylic acids is 2. The first kappa shape index (κ1) is 12.0. The Balaban J connectivity index is 1.83. The molecular weight excluding hydrogens is 284 g/mol. The first-order chi connectivity index (χ1) is 9.43. The van der Waals surface area contributed by atoms with Crippen molar-refractivity contribution in [2.24, 2.45) is 0 Å². The van der Waals surface area contributed by atoms with Gasteiger partial charge in [-0.25, -0.2) is 4.79 Å². The number of fused-ring (bicyclic) bond motifs is 5. The van der Waals surface area contributed by atoms with Crippen molar-refractivity contribution < 1.29 is 14.7 Å². The summed E-state index contributed by atoms with van der Waals surface area (Å²) >= 11 is 6.16. The maximum atomic E-state index is 12.1. The Hall–Kier alpha value is -1.73. The van der Waals surface area contributed by atoms with Crippen LogP contribution in [0.5, 0.6) is 0 Å². The summed E-state index contributed by atoms with van der Waals surface area (Å²) in [5.41, 5.74) is -0.830. The number of nitrogens with zero attached hydrogens (tertiary/aromatic N) is 2. The average Bonchev–Trinajstić information content (AvgIpc) is 2.97. The number of urea groups is 1. The highest BCUT2D eigenvalue weighted by Gasteiger charge is 2.63. The summed E-state index contributed by atoms with van der Waals surface area (Å²) in [4.78, 5) is 25.1. The summed E-state index contributed by atoms with van der Waals surface area (Å²) in [7, 11) is 1.55. The van der Waals surface area contributed by atoms with Gasteiger partial charge in [0.05, 0.1) is 12.1 Å². The van der Waals surface area contributed by atoms with Gasteiger partial charge in [-0.1, -0.05) is 11.6 Å². The Bertz CT molecular complexity index is 645. The van der Waals surface area contributed by atoms with Gasteiger partial charge in [-0.3, -0.25) is 9.69 Å². The molecule has 1 aromatic rings. The van der Waals surface area contributed by atoms with Gasteiger partial charge < -0.3 is 20.3 Å². The second-order valence-corrected chi connectivity index (χ2v) is 5.93. The first-order valence-corrected chi connectivity index (χ1v) is 6.75. The standard InChI is InChI=1S/C12H13ClN4O3/c1-16-11(19)15-9-8-6(4-12(9,16)20)17-5(10(18)14-8)2-3-7(17)13/h2-3,6,8-9,20H,4H2,1H3,(H,14,18)(H,15,19)/t6-,8-,9+,12+/m1/s1. The fraction of sp³-hybridized carbons (Fsp3) is 0.500. The second kappa shape index (κ2) is 3.48. The summed E-state index contributed by atoms with van der Waals surface area (Å²) in [5.74, 6) is -0.244. The molecule has 4 atom stereocenters. The molecule has 0 radical (unpaired) electrons. The zero-order chi connectivity index (χ0) is 14.2. The molecular formula is C12H13ClN4O3. The van der Waals surface area contributed by atoms with Crippen molar-refractivity contribution in [3.63, 3.8) is 0 Å². The van der Waals surface area contributed by atoms with Crippen LogP contribution in [0.25, 0.3) is 0 Å². The predicted octanol–water partition coefficient (Wildman–Crippen LogP) is -0.0895. The quantitative estimate of drug-likeness (QED) is 0.625. The number of nitrogens with one attached hydrogen (secondary N) is 2. The maximum Gasteiger partial charge on any atom is 0.319 e. The molecule has 3 amide bonds. The van der Waals surface area contributed by atoms with E-state index in [9.17, 15) is 14.7 Å². The SMILES string of the molecule is CN1C(=O)N[C@H]2[C@@H]3NC(=O)c4ccc(Cl)n4[C@@H]3C[C@]21O. The van der Waals surface area contributed by atoms with Gasteiger partial charge in [0.2, 0.25) is 0 Å². The molecule has 20 heavy (non-hydrogen) atoms. The van der Waals surface area contributed by atoms with E-state index in [4.69, 9.17) is 11.6 Å².